The number of hydrogen-bond acceptors (Lipinski definition) is 11. The van der Waals surface area contributed by atoms with Crippen molar-refractivity contribution in [3.05, 3.63) is 87.9 Å². The number of imide groups is 2. The summed E-state index contributed by atoms with van der Waals surface area (Å²) in [6.45, 7) is 15.8. The Hall–Kier alpha value is -5.49. The zero-order valence-corrected chi connectivity index (χ0v) is 35.0. The smallest absolute Gasteiger partial charge is 0.262 e. The Labute approximate surface area is 354 Å². The molecule has 5 aliphatic heterocycles. The van der Waals surface area contributed by atoms with E-state index in [0.29, 0.717) is 45.1 Å². The van der Waals surface area contributed by atoms with Crippen molar-refractivity contribution in [3.63, 3.8) is 0 Å². The molecule has 5 amide bonds. The number of nitriles is 1. The van der Waals surface area contributed by atoms with E-state index in [1.165, 1.54) is 0 Å². The van der Waals surface area contributed by atoms with E-state index in [1.54, 1.807) is 30.3 Å². The molecule has 3 aromatic rings. The molecule has 0 bridgehead atoms. The van der Waals surface area contributed by atoms with Crippen molar-refractivity contribution < 1.29 is 28.7 Å². The molecule has 60 heavy (non-hydrogen) atoms. The zero-order valence-electron chi connectivity index (χ0n) is 34.2. The number of fused-ring (bicyclic) bond motifs is 1. The fourth-order valence-corrected chi connectivity index (χ4v) is 10.8. The van der Waals surface area contributed by atoms with Crippen LogP contribution in [0.1, 0.15) is 77.2 Å². The summed E-state index contributed by atoms with van der Waals surface area (Å²) in [5.74, 6) is -1.49. The van der Waals surface area contributed by atoms with Crippen LogP contribution in [0.15, 0.2) is 60.7 Å². The Morgan fingerprint density at radius 2 is 1.45 bits per heavy atom. The highest BCUT2D eigenvalue weighted by atomic mass is 35.5. The summed E-state index contributed by atoms with van der Waals surface area (Å²) < 4.78 is 6.38. The number of anilines is 2. The standard InChI is InChI=1S/C45H49ClN8O6/c1-44(2)42(45(3,4)43(44)60-32-11-7-27(21-47)35(46)20-32)49-38(56)26-5-8-28(9-6-26)52-24-31(25-52)53-22-30(23-53)51-17-15-50(16-18-51)29-10-12-33-34(19-29)41(59)54(40(33)58)36-13-14-37(55)48-39(36)57/h5-12,19-20,30-31,36,42-43H,13-18,22-25H2,1-4H3,(H,49,56)(H,48,55,57). The number of rotatable bonds is 9. The van der Waals surface area contributed by atoms with Gasteiger partial charge in [-0.1, -0.05) is 39.3 Å². The van der Waals surface area contributed by atoms with Gasteiger partial charge in [-0.05, 0) is 61.0 Å². The molecule has 6 aliphatic rings. The predicted octanol–water partition coefficient (Wildman–Crippen LogP) is 3.92. The number of piperazine rings is 1. The third-order valence-corrected chi connectivity index (χ3v) is 14.1. The second-order valence-corrected chi connectivity index (χ2v) is 18.6. The first-order valence-electron chi connectivity index (χ1n) is 20.7. The van der Waals surface area contributed by atoms with Crippen molar-refractivity contribution >= 4 is 52.5 Å². The molecule has 1 saturated carbocycles. The zero-order chi connectivity index (χ0) is 42.2. The van der Waals surface area contributed by atoms with E-state index in [9.17, 15) is 29.2 Å². The highest BCUT2D eigenvalue weighted by molar-refractivity contribution is 6.31. The molecule has 3 aromatic carbocycles. The van der Waals surface area contributed by atoms with Crippen LogP contribution in [0.3, 0.4) is 0 Å². The number of ether oxygens (including phenoxy) is 1. The minimum atomic E-state index is -0.973. The van der Waals surface area contributed by atoms with Crippen LogP contribution < -0.4 is 25.2 Å². The van der Waals surface area contributed by atoms with Gasteiger partial charge in [0.05, 0.1) is 21.7 Å². The molecule has 1 atom stereocenters. The molecule has 15 heteroatoms. The Morgan fingerprint density at radius 3 is 2.10 bits per heavy atom. The summed E-state index contributed by atoms with van der Waals surface area (Å²) in [5.41, 5.74) is 2.92. The lowest BCUT2D eigenvalue weighted by molar-refractivity contribution is -0.164. The van der Waals surface area contributed by atoms with Crippen molar-refractivity contribution in [2.45, 2.75) is 70.8 Å². The third kappa shape index (κ3) is 6.76. The number of benzene rings is 3. The summed E-state index contributed by atoms with van der Waals surface area (Å²) in [5, 5.41) is 15.1. The number of piperidine rings is 1. The molecule has 0 radical (unpaired) electrons. The maximum atomic E-state index is 13.5. The van der Waals surface area contributed by atoms with Gasteiger partial charge in [0.15, 0.2) is 0 Å². The van der Waals surface area contributed by atoms with Gasteiger partial charge in [-0.2, -0.15) is 5.26 Å². The van der Waals surface area contributed by atoms with Crippen LogP contribution in [0, 0.1) is 22.2 Å². The minimum absolute atomic E-state index is 0.0915. The lowest BCUT2D eigenvalue weighted by atomic mass is 9.49. The summed E-state index contributed by atoms with van der Waals surface area (Å²) in [4.78, 5) is 74.7. The van der Waals surface area contributed by atoms with Gasteiger partial charge in [-0.25, -0.2) is 0 Å². The van der Waals surface area contributed by atoms with E-state index in [2.05, 4.69) is 64.0 Å². The SMILES string of the molecule is CC1(C)C(NC(=O)c2ccc(N3CC(N4CC(N5CCN(c6ccc7c(c6)C(=O)N(C6CCC(=O)NC6=O)C7=O)CC5)C4)C3)cc2)C(C)(C)C1Oc1ccc(C#N)c(Cl)c1. The first-order chi connectivity index (χ1) is 28.6. The van der Waals surface area contributed by atoms with Crippen molar-refractivity contribution in [1.29, 1.82) is 5.26 Å². The van der Waals surface area contributed by atoms with Gasteiger partial charge in [0.25, 0.3) is 17.7 Å². The van der Waals surface area contributed by atoms with Crippen LogP contribution in [0.2, 0.25) is 5.02 Å². The molecule has 9 rings (SSSR count). The predicted molar refractivity (Wildman–Crippen MR) is 224 cm³/mol. The maximum Gasteiger partial charge on any atom is 0.262 e. The Morgan fingerprint density at radius 1 is 0.800 bits per heavy atom. The van der Waals surface area contributed by atoms with Crippen molar-refractivity contribution in [2.24, 2.45) is 10.8 Å². The second kappa shape index (κ2) is 14.9. The first kappa shape index (κ1) is 39.9. The highest BCUT2D eigenvalue weighted by Gasteiger charge is 2.64. The molecule has 2 N–H and O–H groups in total. The van der Waals surface area contributed by atoms with E-state index in [-0.39, 0.29) is 41.7 Å². The molecule has 5 heterocycles. The van der Waals surface area contributed by atoms with Crippen LogP contribution in [0.5, 0.6) is 5.75 Å². The number of carbonyl (C=O) groups excluding carboxylic acids is 5. The lowest BCUT2D eigenvalue weighted by Gasteiger charge is -2.63. The molecule has 14 nitrogen and oxygen atoms in total. The van der Waals surface area contributed by atoms with Gasteiger partial charge in [0.1, 0.15) is 24.0 Å². The average Bonchev–Trinajstić information content (AvgIpc) is 3.44. The molecular formula is C45H49ClN8O6. The average molecular weight is 833 g/mol. The third-order valence-electron chi connectivity index (χ3n) is 13.8. The monoisotopic (exact) mass is 832 g/mol. The second-order valence-electron chi connectivity index (χ2n) is 18.2. The number of carbonyl (C=O) groups is 5. The van der Waals surface area contributed by atoms with E-state index in [1.807, 2.05) is 30.3 Å². The number of halogens is 1. The molecule has 5 fully saturated rings. The van der Waals surface area contributed by atoms with Crippen LogP contribution in [-0.2, 0) is 9.59 Å². The topological polar surface area (TPSA) is 159 Å². The maximum absolute atomic E-state index is 13.5. The lowest BCUT2D eigenvalue weighted by Crippen LogP contribution is -2.74. The molecule has 312 valence electrons. The summed E-state index contributed by atoms with van der Waals surface area (Å²) in [7, 11) is 0. The first-order valence-corrected chi connectivity index (χ1v) is 21.1. The van der Waals surface area contributed by atoms with Gasteiger partial charge >= 0.3 is 0 Å². The number of amides is 5. The molecular weight excluding hydrogens is 784 g/mol. The molecule has 4 saturated heterocycles. The van der Waals surface area contributed by atoms with Gasteiger partial charge in [-0.15, -0.1) is 0 Å². The van der Waals surface area contributed by atoms with Crippen LogP contribution in [0.4, 0.5) is 11.4 Å². The fourth-order valence-electron chi connectivity index (χ4n) is 10.5. The Kier molecular flexibility index (Phi) is 9.92. The van der Waals surface area contributed by atoms with Gasteiger partial charge < -0.3 is 19.9 Å². The van der Waals surface area contributed by atoms with Gasteiger partial charge in [-0.3, -0.25) is 44.0 Å². The van der Waals surface area contributed by atoms with Crippen molar-refractivity contribution in [2.75, 3.05) is 62.2 Å². The largest absolute Gasteiger partial charge is 0.489 e. The van der Waals surface area contributed by atoms with Gasteiger partial charge in [0, 0.05) is 111 Å². The van der Waals surface area contributed by atoms with Crippen LogP contribution >= 0.6 is 11.6 Å². The highest BCUT2D eigenvalue weighted by Crippen LogP contribution is 2.55. The molecule has 1 aliphatic carbocycles. The summed E-state index contributed by atoms with van der Waals surface area (Å²) in [6, 6.07) is 20.3. The summed E-state index contributed by atoms with van der Waals surface area (Å²) >= 11 is 6.25. The van der Waals surface area contributed by atoms with E-state index in [4.69, 9.17) is 16.3 Å². The normalized spacial score (nSPS) is 25.5. The minimum Gasteiger partial charge on any atom is -0.489 e. The van der Waals surface area contributed by atoms with Gasteiger partial charge in [0.2, 0.25) is 11.8 Å². The van der Waals surface area contributed by atoms with Crippen LogP contribution in [-0.4, -0.2) is 127 Å². The van der Waals surface area contributed by atoms with Crippen LogP contribution in [0.25, 0.3) is 0 Å². The van der Waals surface area contributed by atoms with E-state index >= 15 is 0 Å². The van der Waals surface area contributed by atoms with E-state index in [0.717, 1.165) is 68.6 Å². The van der Waals surface area contributed by atoms with Crippen molar-refractivity contribution in [1.82, 2.24) is 25.3 Å². The van der Waals surface area contributed by atoms with Crippen molar-refractivity contribution in [3.8, 4) is 11.8 Å². The number of nitrogens with zero attached hydrogens (tertiary/aromatic N) is 6. The summed E-state index contributed by atoms with van der Waals surface area (Å²) in [6.07, 6.45) is 0.0488. The molecule has 0 aromatic heterocycles. The quantitative estimate of drug-likeness (QED) is 0.301. The number of likely N-dealkylation sites (tertiary alicyclic amines) is 1. The number of nitrogens with one attached hydrogen (secondary N) is 2. The molecule has 1 unspecified atom stereocenters. The van der Waals surface area contributed by atoms with E-state index < -0.39 is 29.7 Å². The Balaban J connectivity index is 0.716. The number of hydrogen-bond donors (Lipinski definition) is 2. The Bertz CT molecular complexity index is 2310. The fraction of sp³-hybridized carbons (Fsp3) is 0.467. The molecule has 0 spiro atoms.